The average Bonchev–Trinajstić information content (AvgIpc) is 2.81. The number of anilines is 2. The van der Waals surface area contributed by atoms with Crippen LogP contribution >= 0.6 is 27.3 Å². The number of hydrogen-bond acceptors (Lipinski definition) is 3. The first-order chi connectivity index (χ1) is 9.47. The Morgan fingerprint density at radius 2 is 2.00 bits per heavy atom. The number of urea groups is 1. The van der Waals surface area contributed by atoms with Gasteiger partial charge in [0.05, 0.1) is 11.3 Å². The van der Waals surface area contributed by atoms with Crippen LogP contribution in [0.1, 0.15) is 10.4 Å². The number of aromatic carboxylic acids is 1. The summed E-state index contributed by atoms with van der Waals surface area (Å²) in [6.07, 6.45) is 0. The number of rotatable bonds is 3. The average molecular weight is 359 g/mol. The van der Waals surface area contributed by atoms with Crippen molar-refractivity contribution in [1.82, 2.24) is 0 Å². The van der Waals surface area contributed by atoms with Crippen molar-refractivity contribution in [2.75, 3.05) is 10.6 Å². The van der Waals surface area contributed by atoms with Gasteiger partial charge >= 0.3 is 12.0 Å². The van der Waals surface area contributed by atoms with Crippen LogP contribution in [0.25, 0.3) is 0 Å². The van der Waals surface area contributed by atoms with Gasteiger partial charge in [0.25, 0.3) is 0 Å². The minimum atomic E-state index is -1.12. The Kier molecular flexibility index (Phi) is 4.35. The number of carboxylic acids is 1. The lowest BCUT2D eigenvalue weighted by atomic mass is 10.3. The number of halogens is 2. The maximum absolute atomic E-state index is 12.9. The number of nitrogens with one attached hydrogen (secondary N) is 2. The Bertz CT molecular complexity index is 674. The van der Waals surface area contributed by atoms with Crippen molar-refractivity contribution in [3.05, 3.63) is 45.5 Å². The van der Waals surface area contributed by atoms with Crippen molar-refractivity contribution in [2.45, 2.75) is 0 Å². The van der Waals surface area contributed by atoms with Crippen LogP contribution in [-0.2, 0) is 0 Å². The fourth-order valence-electron chi connectivity index (χ4n) is 1.42. The van der Waals surface area contributed by atoms with Crippen LogP contribution in [0.2, 0.25) is 0 Å². The quantitative estimate of drug-likeness (QED) is 0.775. The Balaban J connectivity index is 2.09. The van der Waals surface area contributed by atoms with Crippen LogP contribution in [0, 0.1) is 5.82 Å². The van der Waals surface area contributed by atoms with Crippen molar-refractivity contribution < 1.29 is 19.1 Å². The molecule has 0 spiro atoms. The number of thiophene rings is 1. The molecule has 0 aliphatic heterocycles. The fraction of sp³-hybridized carbons (Fsp3) is 0. The lowest BCUT2D eigenvalue weighted by Crippen LogP contribution is -2.20. The molecule has 1 aromatic carbocycles. The molecule has 8 heteroatoms. The number of carbonyl (C=O) groups excluding carboxylic acids is 1. The van der Waals surface area contributed by atoms with Crippen LogP contribution in [0.3, 0.4) is 0 Å². The molecule has 0 radical (unpaired) electrons. The minimum absolute atomic E-state index is 0.0170. The van der Waals surface area contributed by atoms with E-state index >= 15 is 0 Å². The highest BCUT2D eigenvalue weighted by molar-refractivity contribution is 9.10. The number of carbonyl (C=O) groups is 2. The summed E-state index contributed by atoms with van der Waals surface area (Å²) in [6, 6.07) is 4.60. The van der Waals surface area contributed by atoms with Crippen LogP contribution in [-0.4, -0.2) is 17.1 Å². The van der Waals surface area contributed by atoms with E-state index in [1.807, 2.05) is 0 Å². The van der Waals surface area contributed by atoms with Crippen molar-refractivity contribution in [1.29, 1.82) is 0 Å². The molecule has 104 valence electrons. The molecular weight excluding hydrogens is 351 g/mol. The molecular formula is C12H8BrFN2O3S. The van der Waals surface area contributed by atoms with E-state index in [4.69, 9.17) is 5.11 Å². The van der Waals surface area contributed by atoms with Crippen LogP contribution in [0.5, 0.6) is 0 Å². The van der Waals surface area contributed by atoms with E-state index < -0.39 is 17.8 Å². The molecule has 0 aliphatic rings. The van der Waals surface area contributed by atoms with Gasteiger partial charge in [-0.1, -0.05) is 0 Å². The van der Waals surface area contributed by atoms with Crippen LogP contribution < -0.4 is 10.6 Å². The SMILES string of the molecule is O=C(Nc1ccc(F)cc1Br)Nc1sccc1C(=O)O. The molecule has 0 unspecified atom stereocenters. The predicted molar refractivity (Wildman–Crippen MR) is 78.0 cm³/mol. The predicted octanol–water partition coefficient (Wildman–Crippen LogP) is 3.99. The first kappa shape index (κ1) is 14.5. The Labute approximate surface area is 125 Å². The van der Waals surface area contributed by atoms with E-state index in [0.717, 1.165) is 11.3 Å². The first-order valence-electron chi connectivity index (χ1n) is 5.31. The topological polar surface area (TPSA) is 78.4 Å². The molecule has 0 saturated carbocycles. The van der Waals surface area contributed by atoms with Crippen molar-refractivity contribution in [3.8, 4) is 0 Å². The second-order valence-electron chi connectivity index (χ2n) is 3.67. The van der Waals surface area contributed by atoms with Gasteiger partial charge in [0.2, 0.25) is 0 Å². The Hall–Kier alpha value is -1.93. The van der Waals surface area contributed by atoms with Gasteiger partial charge in [-0.3, -0.25) is 5.32 Å². The summed E-state index contributed by atoms with van der Waals surface area (Å²) in [6.45, 7) is 0. The summed E-state index contributed by atoms with van der Waals surface area (Å²) >= 11 is 4.22. The van der Waals surface area contributed by atoms with Gasteiger partial charge in [-0.2, -0.15) is 0 Å². The zero-order chi connectivity index (χ0) is 14.7. The second kappa shape index (κ2) is 6.02. The van der Waals surface area contributed by atoms with Crippen molar-refractivity contribution in [2.24, 2.45) is 0 Å². The van der Waals surface area contributed by atoms with Gasteiger partial charge in [0, 0.05) is 4.47 Å². The summed E-state index contributed by atoms with van der Waals surface area (Å²) in [7, 11) is 0. The highest BCUT2D eigenvalue weighted by atomic mass is 79.9. The summed E-state index contributed by atoms with van der Waals surface area (Å²) in [5.41, 5.74) is 0.389. The largest absolute Gasteiger partial charge is 0.478 e. The normalized spacial score (nSPS) is 10.1. The van der Waals surface area contributed by atoms with Gasteiger partial charge in [-0.05, 0) is 45.6 Å². The highest BCUT2D eigenvalue weighted by Crippen LogP contribution is 2.25. The number of benzene rings is 1. The highest BCUT2D eigenvalue weighted by Gasteiger charge is 2.14. The summed E-state index contributed by atoms with van der Waals surface area (Å²) in [5, 5.41) is 15.6. The van der Waals surface area contributed by atoms with E-state index in [1.54, 1.807) is 5.38 Å². The van der Waals surface area contributed by atoms with E-state index in [2.05, 4.69) is 26.6 Å². The van der Waals surface area contributed by atoms with E-state index in [9.17, 15) is 14.0 Å². The van der Waals surface area contributed by atoms with Crippen LogP contribution in [0.4, 0.5) is 19.9 Å². The molecule has 0 saturated heterocycles. The maximum Gasteiger partial charge on any atom is 0.338 e. The number of hydrogen-bond donors (Lipinski definition) is 3. The molecule has 0 aliphatic carbocycles. The van der Waals surface area contributed by atoms with E-state index in [-0.39, 0.29) is 10.6 Å². The molecule has 0 fully saturated rings. The molecule has 5 nitrogen and oxygen atoms in total. The number of amides is 2. The Morgan fingerprint density at radius 3 is 2.65 bits per heavy atom. The summed E-state index contributed by atoms with van der Waals surface area (Å²) in [4.78, 5) is 22.7. The molecule has 2 amide bonds. The summed E-state index contributed by atoms with van der Waals surface area (Å²) < 4.78 is 13.3. The van der Waals surface area contributed by atoms with Gasteiger partial charge in [0.1, 0.15) is 10.8 Å². The smallest absolute Gasteiger partial charge is 0.338 e. The fourth-order valence-corrected chi connectivity index (χ4v) is 2.65. The standard InChI is InChI=1S/C12H8BrFN2O3S/c13-8-5-6(14)1-2-9(8)15-12(19)16-10-7(11(17)18)3-4-20-10/h1-5H,(H,17,18)(H2,15,16,19). The zero-order valence-electron chi connectivity index (χ0n) is 9.81. The monoisotopic (exact) mass is 358 g/mol. The molecule has 0 bridgehead atoms. The molecule has 2 aromatic rings. The third-order valence-electron chi connectivity index (χ3n) is 2.30. The third-order valence-corrected chi connectivity index (χ3v) is 3.79. The molecule has 3 N–H and O–H groups in total. The molecule has 20 heavy (non-hydrogen) atoms. The van der Waals surface area contributed by atoms with E-state index in [0.29, 0.717) is 10.2 Å². The van der Waals surface area contributed by atoms with Gasteiger partial charge < -0.3 is 10.4 Å². The van der Waals surface area contributed by atoms with Gasteiger partial charge in [-0.25, -0.2) is 14.0 Å². The molecule has 1 aromatic heterocycles. The number of carboxylic acid groups (broad SMARTS) is 1. The maximum atomic E-state index is 12.9. The van der Waals surface area contributed by atoms with Gasteiger partial charge in [-0.15, -0.1) is 11.3 Å². The molecule has 0 atom stereocenters. The second-order valence-corrected chi connectivity index (χ2v) is 5.44. The lowest BCUT2D eigenvalue weighted by Gasteiger charge is -2.08. The first-order valence-corrected chi connectivity index (χ1v) is 6.98. The zero-order valence-corrected chi connectivity index (χ0v) is 12.2. The lowest BCUT2D eigenvalue weighted by molar-refractivity contribution is 0.0698. The van der Waals surface area contributed by atoms with Crippen molar-refractivity contribution in [3.63, 3.8) is 0 Å². The minimum Gasteiger partial charge on any atom is -0.478 e. The Morgan fingerprint density at radius 1 is 1.25 bits per heavy atom. The molecule has 1 heterocycles. The van der Waals surface area contributed by atoms with Gasteiger partial charge in [0.15, 0.2) is 0 Å². The van der Waals surface area contributed by atoms with Crippen molar-refractivity contribution >= 4 is 50.0 Å². The molecule has 2 rings (SSSR count). The van der Waals surface area contributed by atoms with Crippen LogP contribution in [0.15, 0.2) is 34.1 Å². The summed E-state index contributed by atoms with van der Waals surface area (Å²) in [5.74, 6) is -1.56. The third kappa shape index (κ3) is 3.34. The van der Waals surface area contributed by atoms with E-state index in [1.165, 1.54) is 24.3 Å².